The maximum Gasteiger partial charge on any atom is 0.273 e. The second kappa shape index (κ2) is 13.0. The Labute approximate surface area is 231 Å². The number of benzene rings is 3. The molecule has 0 aromatic heterocycles. The van der Waals surface area contributed by atoms with Crippen molar-refractivity contribution >= 4 is 50.7 Å². The van der Waals surface area contributed by atoms with E-state index in [1.807, 2.05) is 25.1 Å². The Kier molecular flexibility index (Phi) is 10.0. The highest BCUT2D eigenvalue weighted by atomic mass is 35.5. The lowest BCUT2D eigenvalue weighted by Gasteiger charge is -2.26. The van der Waals surface area contributed by atoms with Gasteiger partial charge in [-0.15, -0.1) is 0 Å². The number of amides is 1. The zero-order chi connectivity index (χ0) is 27.9. The molecule has 0 saturated carbocycles. The number of methoxy groups -OCH3 is 1. The third-order valence-corrected chi connectivity index (χ3v) is 8.75. The number of ether oxygens (including phenoxy) is 1. The van der Waals surface area contributed by atoms with Crippen LogP contribution in [0.3, 0.4) is 0 Å². The molecule has 9 nitrogen and oxygen atoms in total. The highest BCUT2D eigenvalue weighted by Crippen LogP contribution is 2.35. The topological polar surface area (TPSA) is 119 Å². The summed E-state index contributed by atoms with van der Waals surface area (Å²) in [6.07, 6.45) is 0. The number of nitro groups is 1. The molecule has 0 aliphatic rings. The van der Waals surface area contributed by atoms with Crippen LogP contribution in [0.5, 0.6) is 5.75 Å². The minimum atomic E-state index is -4.42. The van der Waals surface area contributed by atoms with E-state index >= 15 is 0 Å². The fourth-order valence-corrected chi connectivity index (χ4v) is 6.18. The predicted molar refractivity (Wildman–Crippen MR) is 151 cm³/mol. The largest absolute Gasteiger partial charge is 0.495 e. The number of anilines is 1. The van der Waals surface area contributed by atoms with Crippen molar-refractivity contribution in [3.63, 3.8) is 0 Å². The average Bonchev–Trinajstić information content (AvgIpc) is 2.88. The van der Waals surface area contributed by atoms with Crippen LogP contribution in [-0.2, 0) is 20.6 Å². The van der Waals surface area contributed by atoms with Crippen LogP contribution in [0, 0.1) is 24.0 Å². The molecule has 3 aromatic rings. The van der Waals surface area contributed by atoms with Crippen LogP contribution in [0.15, 0.2) is 65.6 Å². The minimum absolute atomic E-state index is 0.0345. The van der Waals surface area contributed by atoms with Gasteiger partial charge in [-0.3, -0.25) is 19.2 Å². The van der Waals surface area contributed by atoms with Crippen molar-refractivity contribution in [2.75, 3.05) is 30.3 Å². The number of sulfonamides is 1. The number of hydrogen-bond donors (Lipinski definition) is 1. The summed E-state index contributed by atoms with van der Waals surface area (Å²) in [5.41, 5.74) is 2.39. The van der Waals surface area contributed by atoms with Crippen LogP contribution < -0.4 is 14.4 Å². The van der Waals surface area contributed by atoms with Crippen molar-refractivity contribution in [2.24, 2.45) is 0 Å². The lowest BCUT2D eigenvalue weighted by Crippen LogP contribution is -2.41. The van der Waals surface area contributed by atoms with Crippen molar-refractivity contribution in [3.8, 4) is 5.75 Å². The number of carbonyl (C=O) groups excluding carboxylic acids is 1. The number of halogens is 1. The van der Waals surface area contributed by atoms with Gasteiger partial charge in [-0.1, -0.05) is 41.9 Å². The summed E-state index contributed by atoms with van der Waals surface area (Å²) >= 11 is 7.79. The average molecular weight is 578 g/mol. The first-order chi connectivity index (χ1) is 18.0. The summed E-state index contributed by atoms with van der Waals surface area (Å²) in [6, 6.07) is 16.0. The van der Waals surface area contributed by atoms with Crippen LogP contribution in [0.25, 0.3) is 0 Å². The van der Waals surface area contributed by atoms with Crippen LogP contribution in [-0.4, -0.2) is 45.2 Å². The van der Waals surface area contributed by atoms with Gasteiger partial charge in [-0.05, 0) is 49.2 Å². The lowest BCUT2D eigenvalue weighted by molar-refractivity contribution is -0.385. The van der Waals surface area contributed by atoms with E-state index in [9.17, 15) is 23.3 Å². The molecular weight excluding hydrogens is 550 g/mol. The van der Waals surface area contributed by atoms with Gasteiger partial charge < -0.3 is 10.1 Å². The van der Waals surface area contributed by atoms with Gasteiger partial charge in [0.2, 0.25) is 5.91 Å². The van der Waals surface area contributed by atoms with E-state index < -0.39 is 27.4 Å². The second-order valence-corrected chi connectivity index (χ2v) is 11.8. The van der Waals surface area contributed by atoms with Crippen LogP contribution in [0.1, 0.15) is 16.7 Å². The number of carbonyl (C=O) groups is 1. The Hall–Kier alpha value is -3.28. The lowest BCUT2D eigenvalue weighted by atomic mass is 10.1. The smallest absolute Gasteiger partial charge is 0.273 e. The predicted octanol–water partition coefficient (Wildman–Crippen LogP) is 5.12. The summed E-state index contributed by atoms with van der Waals surface area (Å²) in [5, 5.41) is 14.4. The van der Waals surface area contributed by atoms with Crippen molar-refractivity contribution in [3.05, 3.63) is 92.5 Å². The number of hydrogen-bond acceptors (Lipinski definition) is 7. The van der Waals surface area contributed by atoms with Gasteiger partial charge in [0.25, 0.3) is 15.7 Å². The number of thioether (sulfide) groups is 1. The van der Waals surface area contributed by atoms with Crippen LogP contribution in [0.2, 0.25) is 5.02 Å². The monoisotopic (exact) mass is 577 g/mol. The highest BCUT2D eigenvalue weighted by Gasteiger charge is 2.31. The van der Waals surface area contributed by atoms with Crippen molar-refractivity contribution < 1.29 is 22.9 Å². The van der Waals surface area contributed by atoms with Gasteiger partial charge in [0.15, 0.2) is 0 Å². The number of aryl methyl sites for hydroxylation is 2. The SMILES string of the molecule is COc1ccc(Cl)cc1N(CC(=O)NCCSCc1ccccc1C)S(=O)(=O)c1ccc(C)c([N+](=O)[O-])c1. The van der Waals surface area contributed by atoms with E-state index in [-0.39, 0.29) is 27.0 Å². The molecule has 3 rings (SSSR count). The molecule has 0 fully saturated rings. The summed E-state index contributed by atoms with van der Waals surface area (Å²) in [5.74, 6) is 1.03. The van der Waals surface area contributed by atoms with Gasteiger partial charge in [-0.25, -0.2) is 8.42 Å². The first kappa shape index (κ1) is 29.3. The van der Waals surface area contributed by atoms with E-state index in [1.165, 1.54) is 55.5 Å². The Morgan fingerprint density at radius 3 is 2.53 bits per heavy atom. The Morgan fingerprint density at radius 1 is 1.11 bits per heavy atom. The fraction of sp³-hybridized carbons (Fsp3) is 0.269. The molecule has 0 atom stereocenters. The number of rotatable bonds is 12. The fourth-order valence-electron chi connectivity index (χ4n) is 3.63. The molecule has 38 heavy (non-hydrogen) atoms. The molecule has 0 saturated heterocycles. The van der Waals surface area contributed by atoms with Crippen molar-refractivity contribution in [1.82, 2.24) is 5.32 Å². The zero-order valence-electron chi connectivity index (χ0n) is 21.1. The first-order valence-electron chi connectivity index (χ1n) is 11.5. The molecule has 0 aliphatic carbocycles. The van der Waals surface area contributed by atoms with Crippen LogP contribution in [0.4, 0.5) is 11.4 Å². The molecule has 1 N–H and O–H groups in total. The number of nitrogens with zero attached hydrogens (tertiary/aromatic N) is 2. The molecule has 0 aliphatic heterocycles. The van der Waals surface area contributed by atoms with Crippen molar-refractivity contribution in [1.29, 1.82) is 0 Å². The third kappa shape index (κ3) is 7.18. The van der Waals surface area contributed by atoms with Gasteiger partial charge >= 0.3 is 0 Å². The van der Waals surface area contributed by atoms with Crippen molar-refractivity contribution in [2.45, 2.75) is 24.5 Å². The second-order valence-electron chi connectivity index (χ2n) is 8.36. The number of nitro benzene ring substituents is 1. The van der Waals surface area contributed by atoms with Gasteiger partial charge in [0.05, 0.1) is 22.6 Å². The summed E-state index contributed by atoms with van der Waals surface area (Å²) in [6.45, 7) is 3.30. The minimum Gasteiger partial charge on any atom is -0.495 e. The number of nitrogens with one attached hydrogen (secondary N) is 1. The molecule has 202 valence electrons. The zero-order valence-corrected chi connectivity index (χ0v) is 23.5. The van der Waals surface area contributed by atoms with Gasteiger partial charge in [0.1, 0.15) is 12.3 Å². The van der Waals surface area contributed by atoms with E-state index in [2.05, 4.69) is 11.4 Å². The molecule has 0 bridgehead atoms. The molecule has 12 heteroatoms. The molecule has 0 unspecified atom stereocenters. The molecule has 0 radical (unpaired) electrons. The molecule has 0 heterocycles. The third-order valence-electron chi connectivity index (χ3n) is 5.75. The molecule has 0 spiro atoms. The van der Waals surface area contributed by atoms with Crippen LogP contribution >= 0.6 is 23.4 Å². The Morgan fingerprint density at radius 2 is 1.84 bits per heavy atom. The van der Waals surface area contributed by atoms with E-state index in [4.69, 9.17) is 16.3 Å². The van der Waals surface area contributed by atoms with E-state index in [0.717, 1.165) is 16.1 Å². The maximum atomic E-state index is 13.7. The van der Waals surface area contributed by atoms with Gasteiger partial charge in [0, 0.05) is 34.7 Å². The van der Waals surface area contributed by atoms with Gasteiger partial charge in [-0.2, -0.15) is 11.8 Å². The summed E-state index contributed by atoms with van der Waals surface area (Å²) in [7, 11) is -3.06. The normalized spacial score (nSPS) is 11.2. The molecular formula is C26H28ClN3O6S2. The van der Waals surface area contributed by atoms with E-state index in [0.29, 0.717) is 17.9 Å². The molecule has 1 amide bonds. The highest BCUT2D eigenvalue weighted by molar-refractivity contribution is 7.98. The Bertz CT molecular complexity index is 1430. The van der Waals surface area contributed by atoms with E-state index in [1.54, 1.807) is 11.8 Å². The molecule has 3 aromatic carbocycles. The Balaban J connectivity index is 1.82. The standard InChI is InChI=1S/C26H28ClN3O6S2/c1-18-6-4-5-7-20(18)17-37-13-12-28-26(31)16-29(24-14-21(27)9-11-25(24)36-3)38(34,35)22-10-8-19(2)23(15-22)30(32)33/h4-11,14-15H,12-13,16-17H2,1-3H3,(H,28,31). The summed E-state index contributed by atoms with van der Waals surface area (Å²) < 4.78 is 33.6. The summed E-state index contributed by atoms with van der Waals surface area (Å²) in [4.78, 5) is 23.3. The maximum absolute atomic E-state index is 13.7. The first-order valence-corrected chi connectivity index (χ1v) is 14.5. The quantitative estimate of drug-likeness (QED) is 0.180.